The molecule has 6 aromatic rings. The van der Waals surface area contributed by atoms with Crippen molar-refractivity contribution in [2.24, 2.45) is 11.7 Å². The van der Waals surface area contributed by atoms with Gasteiger partial charge in [-0.2, -0.15) is 5.10 Å². The number of carbonyl (C=O) groups excluding carboxylic acids is 2. The number of aromatic nitrogens is 2. The van der Waals surface area contributed by atoms with Crippen LogP contribution in [-0.2, 0) is 10.3 Å². The predicted molar refractivity (Wildman–Crippen MR) is 187 cm³/mol. The number of nitrogens with zero attached hydrogens (tertiary/aromatic N) is 3. The van der Waals surface area contributed by atoms with Gasteiger partial charge in [-0.1, -0.05) is 109 Å². The van der Waals surface area contributed by atoms with E-state index in [4.69, 9.17) is 10.8 Å². The van der Waals surface area contributed by atoms with E-state index >= 15 is 0 Å². The minimum Gasteiger partial charge on any atom is -0.366 e. The summed E-state index contributed by atoms with van der Waals surface area (Å²) in [6.45, 7) is 1.77. The Morgan fingerprint density at radius 1 is 0.723 bits per heavy atom. The van der Waals surface area contributed by atoms with Gasteiger partial charge in [-0.05, 0) is 85.1 Å². The topological polar surface area (TPSA) is 93.2 Å². The lowest BCUT2D eigenvalue weighted by Gasteiger charge is -2.37. The Morgan fingerprint density at radius 3 is 1.74 bits per heavy atom. The second-order valence-corrected chi connectivity index (χ2v) is 12.3. The van der Waals surface area contributed by atoms with E-state index in [0.29, 0.717) is 11.4 Å². The maximum atomic E-state index is 13.8. The van der Waals surface area contributed by atoms with E-state index in [2.05, 4.69) is 113 Å². The third kappa shape index (κ3) is 5.59. The molecule has 0 radical (unpaired) electrons. The average molecular weight is 620 g/mol. The molecule has 5 aromatic carbocycles. The first kappa shape index (κ1) is 30.1. The summed E-state index contributed by atoms with van der Waals surface area (Å²) in [6.07, 6.45) is 1.61. The third-order valence-corrected chi connectivity index (χ3v) is 9.41. The van der Waals surface area contributed by atoms with Gasteiger partial charge in [0.15, 0.2) is 5.82 Å². The Bertz CT molecular complexity index is 1920. The Kier molecular flexibility index (Phi) is 8.14. The number of hydrogen-bond acceptors (Lipinski definition) is 4. The van der Waals surface area contributed by atoms with Gasteiger partial charge in [0.1, 0.15) is 5.54 Å². The van der Waals surface area contributed by atoms with Gasteiger partial charge in [0.05, 0.1) is 5.52 Å². The molecule has 3 N–H and O–H groups in total. The van der Waals surface area contributed by atoms with Crippen LogP contribution in [0.25, 0.3) is 22.0 Å². The fourth-order valence-corrected chi connectivity index (χ4v) is 6.87. The van der Waals surface area contributed by atoms with Crippen LogP contribution in [0.1, 0.15) is 39.9 Å². The van der Waals surface area contributed by atoms with Crippen LogP contribution in [0.15, 0.2) is 133 Å². The van der Waals surface area contributed by atoms with Crippen molar-refractivity contribution in [3.8, 4) is 11.1 Å². The van der Waals surface area contributed by atoms with E-state index in [-0.39, 0.29) is 11.8 Å². The fourth-order valence-electron chi connectivity index (χ4n) is 6.87. The van der Waals surface area contributed by atoms with Crippen molar-refractivity contribution in [1.29, 1.82) is 0 Å². The van der Waals surface area contributed by atoms with Crippen LogP contribution in [0.4, 0.5) is 5.82 Å². The maximum absolute atomic E-state index is 13.8. The lowest BCUT2D eigenvalue weighted by Crippen LogP contribution is -2.39. The number of nitrogens with two attached hydrogens (primary N) is 1. The van der Waals surface area contributed by atoms with Crippen molar-refractivity contribution in [3.63, 3.8) is 0 Å². The van der Waals surface area contributed by atoms with E-state index in [0.717, 1.165) is 64.7 Å². The van der Waals surface area contributed by atoms with E-state index in [9.17, 15) is 9.59 Å². The lowest BCUT2D eigenvalue weighted by atomic mass is 9.77. The molecule has 1 aliphatic rings. The Balaban J connectivity index is 1.48. The third-order valence-electron chi connectivity index (χ3n) is 9.41. The van der Waals surface area contributed by atoms with Gasteiger partial charge in [-0.25, -0.2) is 4.68 Å². The second-order valence-electron chi connectivity index (χ2n) is 12.3. The summed E-state index contributed by atoms with van der Waals surface area (Å²) in [6, 6.07) is 44.7. The zero-order valence-corrected chi connectivity index (χ0v) is 26.3. The highest BCUT2D eigenvalue weighted by atomic mass is 16.2. The molecule has 0 atom stereocenters. The largest absolute Gasteiger partial charge is 0.366 e. The molecular weight excluding hydrogens is 582 g/mol. The number of piperidine rings is 1. The molecule has 2 heterocycles. The van der Waals surface area contributed by atoms with Crippen LogP contribution < -0.4 is 11.1 Å². The second kappa shape index (κ2) is 12.7. The summed E-state index contributed by atoms with van der Waals surface area (Å²) in [5.41, 5.74) is 11.0. The lowest BCUT2D eigenvalue weighted by molar-refractivity contribution is -0.121. The molecule has 7 heteroatoms. The number of carbonyl (C=O) groups is 2. The van der Waals surface area contributed by atoms with Gasteiger partial charge in [0, 0.05) is 16.9 Å². The highest BCUT2D eigenvalue weighted by molar-refractivity contribution is 6.02. The summed E-state index contributed by atoms with van der Waals surface area (Å²) < 4.78 is 2.08. The minimum absolute atomic E-state index is 0.00871. The van der Waals surface area contributed by atoms with Crippen LogP contribution >= 0.6 is 0 Å². The van der Waals surface area contributed by atoms with Crippen LogP contribution in [-0.4, -0.2) is 46.6 Å². The zero-order chi connectivity index (χ0) is 32.4. The Hall–Kier alpha value is -5.53. The summed E-state index contributed by atoms with van der Waals surface area (Å²) in [5, 5.41) is 9.42. The molecule has 0 aliphatic carbocycles. The van der Waals surface area contributed by atoms with E-state index in [1.54, 1.807) is 12.1 Å². The number of primary amides is 1. The quantitative estimate of drug-likeness (QED) is 0.181. The summed E-state index contributed by atoms with van der Waals surface area (Å²) in [5.74, 6) is -0.0402. The van der Waals surface area contributed by atoms with Gasteiger partial charge in [0.2, 0.25) is 11.8 Å². The number of amides is 2. The molecule has 234 valence electrons. The van der Waals surface area contributed by atoms with Crippen LogP contribution in [0.3, 0.4) is 0 Å². The van der Waals surface area contributed by atoms with Crippen molar-refractivity contribution in [2.75, 3.05) is 25.5 Å². The van der Waals surface area contributed by atoms with Gasteiger partial charge in [-0.3, -0.25) is 9.59 Å². The SMILES string of the molecule is CN1CCC(C(=O)Nc2nn(C(c3ccccc3)(c3ccccc3)c3ccccc3)c3ccc(-c4ccc(C(N)=O)cc4)cc23)CC1. The smallest absolute Gasteiger partial charge is 0.248 e. The van der Waals surface area contributed by atoms with Crippen LogP contribution in [0.5, 0.6) is 0 Å². The van der Waals surface area contributed by atoms with Crippen molar-refractivity contribution >= 4 is 28.5 Å². The molecule has 7 rings (SSSR count). The number of rotatable bonds is 8. The minimum atomic E-state index is -0.858. The molecule has 47 heavy (non-hydrogen) atoms. The van der Waals surface area contributed by atoms with Crippen LogP contribution in [0.2, 0.25) is 0 Å². The number of likely N-dealkylation sites (tertiary alicyclic amines) is 1. The molecule has 2 amide bonds. The zero-order valence-electron chi connectivity index (χ0n) is 26.3. The maximum Gasteiger partial charge on any atom is 0.248 e. The van der Waals surface area contributed by atoms with Crippen molar-refractivity contribution in [1.82, 2.24) is 14.7 Å². The molecule has 1 aliphatic heterocycles. The number of hydrogen-bond donors (Lipinski definition) is 2. The standard InChI is InChI=1S/C40H37N5O2/c1-44-25-23-30(24-26-44)39(47)42-38-35-27-31(28-17-19-29(20-18-28)37(41)46)21-22-36(35)45(43-38)40(32-11-5-2-6-12-32,33-13-7-3-8-14-33)34-15-9-4-10-16-34/h2-22,27,30H,23-26H2,1H3,(H2,41,46)(H,42,43,47). The van der Waals surface area contributed by atoms with Gasteiger partial charge < -0.3 is 16.0 Å². The molecule has 0 saturated carbocycles. The molecule has 1 saturated heterocycles. The average Bonchev–Trinajstić information content (AvgIpc) is 3.47. The van der Waals surface area contributed by atoms with E-state index in [1.807, 2.05) is 30.3 Å². The fraction of sp³-hybridized carbons (Fsp3) is 0.175. The molecule has 0 unspecified atom stereocenters. The number of nitrogens with one attached hydrogen (secondary N) is 1. The van der Waals surface area contributed by atoms with E-state index in [1.165, 1.54) is 0 Å². The molecule has 1 aromatic heterocycles. The molecule has 0 spiro atoms. The first-order valence-corrected chi connectivity index (χ1v) is 16.0. The summed E-state index contributed by atoms with van der Waals surface area (Å²) in [4.78, 5) is 27.8. The molecular formula is C40H37N5O2. The Labute approximate surface area is 274 Å². The van der Waals surface area contributed by atoms with Crippen LogP contribution in [0, 0.1) is 5.92 Å². The summed E-state index contributed by atoms with van der Waals surface area (Å²) in [7, 11) is 2.09. The molecule has 0 bridgehead atoms. The predicted octanol–water partition coefficient (Wildman–Crippen LogP) is 6.92. The van der Waals surface area contributed by atoms with Gasteiger partial charge in [-0.15, -0.1) is 0 Å². The van der Waals surface area contributed by atoms with Crippen molar-refractivity contribution in [3.05, 3.63) is 156 Å². The number of benzene rings is 5. The number of fused-ring (bicyclic) bond motifs is 1. The van der Waals surface area contributed by atoms with Crippen molar-refractivity contribution in [2.45, 2.75) is 18.4 Å². The van der Waals surface area contributed by atoms with Crippen molar-refractivity contribution < 1.29 is 9.59 Å². The molecule has 7 nitrogen and oxygen atoms in total. The first-order chi connectivity index (χ1) is 22.9. The van der Waals surface area contributed by atoms with Gasteiger partial charge in [0.25, 0.3) is 0 Å². The molecule has 1 fully saturated rings. The van der Waals surface area contributed by atoms with E-state index < -0.39 is 11.4 Å². The highest BCUT2D eigenvalue weighted by Crippen LogP contribution is 2.44. The highest BCUT2D eigenvalue weighted by Gasteiger charge is 2.41. The first-order valence-electron chi connectivity index (χ1n) is 16.0. The number of anilines is 1. The normalized spacial score (nSPS) is 14.2. The Morgan fingerprint density at radius 2 is 1.23 bits per heavy atom. The van der Waals surface area contributed by atoms with Gasteiger partial charge >= 0.3 is 0 Å². The summed E-state index contributed by atoms with van der Waals surface area (Å²) >= 11 is 0. The monoisotopic (exact) mass is 619 g/mol.